The van der Waals surface area contributed by atoms with Gasteiger partial charge in [-0.25, -0.2) is 0 Å². The first-order chi connectivity index (χ1) is 7.70. The lowest BCUT2D eigenvalue weighted by atomic mass is 10.1. The van der Waals surface area contributed by atoms with Gasteiger partial charge in [-0.1, -0.05) is 0 Å². The zero-order chi connectivity index (χ0) is 11.5. The number of aromatic nitrogens is 1. The van der Waals surface area contributed by atoms with E-state index in [2.05, 4.69) is 26.2 Å². The van der Waals surface area contributed by atoms with E-state index >= 15 is 0 Å². The van der Waals surface area contributed by atoms with Gasteiger partial charge in [-0.15, -0.1) is 0 Å². The van der Waals surface area contributed by atoms with Crippen molar-refractivity contribution in [3.63, 3.8) is 0 Å². The van der Waals surface area contributed by atoms with Crippen LogP contribution in [0.4, 0.5) is 0 Å². The van der Waals surface area contributed by atoms with Crippen LogP contribution in [0.3, 0.4) is 0 Å². The molecule has 1 aliphatic rings. The van der Waals surface area contributed by atoms with Gasteiger partial charge >= 0.3 is 0 Å². The number of halogens is 1. The van der Waals surface area contributed by atoms with Gasteiger partial charge in [0.15, 0.2) is 0 Å². The van der Waals surface area contributed by atoms with Crippen LogP contribution in [0.5, 0.6) is 0 Å². The molecule has 4 nitrogen and oxygen atoms in total. The summed E-state index contributed by atoms with van der Waals surface area (Å²) in [5.74, 6) is 0.691. The standard InChI is InChI=1S/C11H16BrN3O/c1-13-5-8-2-3-15(7-8)11(16)10-4-9(12)6-14-10/h4,6,8,13-14H,2-3,5,7H2,1H3/t8-/m1/s1. The fourth-order valence-corrected chi connectivity index (χ4v) is 2.48. The van der Waals surface area contributed by atoms with Crippen molar-refractivity contribution in [3.05, 3.63) is 22.4 Å². The summed E-state index contributed by atoms with van der Waals surface area (Å²) < 4.78 is 0.918. The molecule has 2 heterocycles. The molecule has 0 aliphatic carbocycles. The average Bonchev–Trinajstić information content (AvgIpc) is 2.87. The van der Waals surface area contributed by atoms with E-state index in [0.29, 0.717) is 11.6 Å². The number of carbonyl (C=O) groups is 1. The van der Waals surface area contributed by atoms with Crippen molar-refractivity contribution in [2.75, 3.05) is 26.7 Å². The molecular formula is C11H16BrN3O. The van der Waals surface area contributed by atoms with Crippen LogP contribution in [0.15, 0.2) is 16.7 Å². The maximum atomic E-state index is 12.1. The fourth-order valence-electron chi connectivity index (χ4n) is 2.13. The summed E-state index contributed by atoms with van der Waals surface area (Å²) >= 11 is 3.33. The first-order valence-electron chi connectivity index (χ1n) is 5.48. The summed E-state index contributed by atoms with van der Waals surface area (Å²) in [5, 5.41) is 3.16. The number of H-pyrrole nitrogens is 1. The third-order valence-electron chi connectivity index (χ3n) is 2.94. The van der Waals surface area contributed by atoms with Crippen molar-refractivity contribution >= 4 is 21.8 Å². The van der Waals surface area contributed by atoms with Crippen LogP contribution in [0.25, 0.3) is 0 Å². The zero-order valence-electron chi connectivity index (χ0n) is 9.29. The molecule has 1 aromatic rings. The SMILES string of the molecule is CNC[C@H]1CCN(C(=O)c2cc(Br)c[nH]2)C1. The molecule has 5 heteroatoms. The van der Waals surface area contributed by atoms with Crippen LogP contribution in [0.1, 0.15) is 16.9 Å². The number of nitrogens with one attached hydrogen (secondary N) is 2. The molecule has 0 bridgehead atoms. The lowest BCUT2D eigenvalue weighted by molar-refractivity contribution is 0.0782. The number of hydrogen-bond donors (Lipinski definition) is 2. The predicted molar refractivity (Wildman–Crippen MR) is 66.4 cm³/mol. The summed E-state index contributed by atoms with van der Waals surface area (Å²) in [6.45, 7) is 2.70. The predicted octanol–water partition coefficient (Wildman–Crippen LogP) is 1.46. The monoisotopic (exact) mass is 285 g/mol. The Labute approximate surface area is 104 Å². The molecule has 1 saturated heterocycles. The van der Waals surface area contributed by atoms with Crippen LogP contribution in [0, 0.1) is 5.92 Å². The van der Waals surface area contributed by atoms with Gasteiger partial charge in [0.05, 0.1) is 0 Å². The molecule has 2 N–H and O–H groups in total. The highest BCUT2D eigenvalue weighted by molar-refractivity contribution is 9.10. The first-order valence-corrected chi connectivity index (χ1v) is 6.28. The second kappa shape index (κ2) is 5.01. The van der Waals surface area contributed by atoms with Gasteiger partial charge in [0.2, 0.25) is 0 Å². The molecule has 1 aromatic heterocycles. The third-order valence-corrected chi connectivity index (χ3v) is 3.40. The zero-order valence-corrected chi connectivity index (χ0v) is 10.9. The largest absolute Gasteiger partial charge is 0.356 e. The summed E-state index contributed by atoms with van der Waals surface area (Å²) in [6, 6.07) is 1.83. The highest BCUT2D eigenvalue weighted by atomic mass is 79.9. The number of likely N-dealkylation sites (tertiary alicyclic amines) is 1. The van der Waals surface area contributed by atoms with Gasteiger partial charge in [-0.3, -0.25) is 4.79 Å². The van der Waals surface area contributed by atoms with Gasteiger partial charge in [0, 0.05) is 23.8 Å². The smallest absolute Gasteiger partial charge is 0.270 e. The van der Waals surface area contributed by atoms with E-state index < -0.39 is 0 Å². The Bertz CT molecular complexity index is 377. The molecule has 0 unspecified atom stereocenters. The molecule has 1 aliphatic heterocycles. The number of rotatable bonds is 3. The number of nitrogens with zero attached hydrogens (tertiary/aromatic N) is 1. The average molecular weight is 286 g/mol. The summed E-state index contributed by atoms with van der Waals surface area (Å²) in [6.07, 6.45) is 2.88. The van der Waals surface area contributed by atoms with Crippen LogP contribution < -0.4 is 5.32 Å². The summed E-state index contributed by atoms with van der Waals surface area (Å²) in [5.41, 5.74) is 0.664. The van der Waals surface area contributed by atoms with E-state index in [-0.39, 0.29) is 5.91 Å². The Kier molecular flexibility index (Phi) is 3.66. The Morgan fingerprint density at radius 2 is 2.56 bits per heavy atom. The van der Waals surface area contributed by atoms with E-state index in [1.807, 2.05) is 18.0 Å². The molecule has 16 heavy (non-hydrogen) atoms. The van der Waals surface area contributed by atoms with Gasteiger partial charge in [-0.2, -0.15) is 0 Å². The van der Waals surface area contributed by atoms with Crippen LogP contribution >= 0.6 is 15.9 Å². The maximum Gasteiger partial charge on any atom is 0.270 e. The molecule has 1 amide bonds. The van der Waals surface area contributed by atoms with Crippen molar-refractivity contribution < 1.29 is 4.79 Å². The minimum Gasteiger partial charge on any atom is -0.356 e. The van der Waals surface area contributed by atoms with Crippen LogP contribution in [-0.2, 0) is 0 Å². The van der Waals surface area contributed by atoms with Crippen LogP contribution in [-0.4, -0.2) is 42.5 Å². The number of hydrogen-bond acceptors (Lipinski definition) is 2. The Morgan fingerprint density at radius 1 is 1.75 bits per heavy atom. The molecule has 0 aromatic carbocycles. The second-order valence-electron chi connectivity index (χ2n) is 4.20. The molecule has 0 radical (unpaired) electrons. The molecule has 0 saturated carbocycles. The Hall–Kier alpha value is -0.810. The van der Waals surface area contributed by atoms with Gasteiger partial charge in [0.1, 0.15) is 5.69 Å². The quantitative estimate of drug-likeness (QED) is 0.883. The van der Waals surface area contributed by atoms with Gasteiger partial charge in [-0.05, 0) is 47.9 Å². The van der Waals surface area contributed by atoms with Crippen molar-refractivity contribution in [2.24, 2.45) is 5.92 Å². The topological polar surface area (TPSA) is 48.1 Å². The highest BCUT2D eigenvalue weighted by Crippen LogP contribution is 2.19. The van der Waals surface area contributed by atoms with E-state index in [0.717, 1.165) is 30.5 Å². The van der Waals surface area contributed by atoms with Crippen LogP contribution in [0.2, 0.25) is 0 Å². The Morgan fingerprint density at radius 3 is 3.19 bits per heavy atom. The Balaban J connectivity index is 1.97. The first kappa shape index (κ1) is 11.7. The molecule has 88 valence electrons. The normalized spacial score (nSPS) is 20.4. The molecule has 2 rings (SSSR count). The molecule has 1 fully saturated rings. The van der Waals surface area contributed by atoms with Crippen molar-refractivity contribution in [1.29, 1.82) is 0 Å². The van der Waals surface area contributed by atoms with E-state index in [1.165, 1.54) is 0 Å². The van der Waals surface area contributed by atoms with Gasteiger partial charge < -0.3 is 15.2 Å². The highest BCUT2D eigenvalue weighted by Gasteiger charge is 2.26. The van der Waals surface area contributed by atoms with Crippen molar-refractivity contribution in [1.82, 2.24) is 15.2 Å². The van der Waals surface area contributed by atoms with Gasteiger partial charge in [0.25, 0.3) is 5.91 Å². The van der Waals surface area contributed by atoms with E-state index in [4.69, 9.17) is 0 Å². The lowest BCUT2D eigenvalue weighted by Gasteiger charge is -2.15. The second-order valence-corrected chi connectivity index (χ2v) is 5.11. The van der Waals surface area contributed by atoms with E-state index in [9.17, 15) is 4.79 Å². The van der Waals surface area contributed by atoms with Crippen molar-refractivity contribution in [3.8, 4) is 0 Å². The fraction of sp³-hybridized carbons (Fsp3) is 0.545. The lowest BCUT2D eigenvalue weighted by Crippen LogP contribution is -2.30. The maximum absolute atomic E-state index is 12.1. The number of amides is 1. The van der Waals surface area contributed by atoms with Crippen molar-refractivity contribution in [2.45, 2.75) is 6.42 Å². The molecule has 0 spiro atoms. The third kappa shape index (κ3) is 2.47. The number of carbonyl (C=O) groups excluding carboxylic acids is 1. The molecule has 1 atom stereocenters. The minimum atomic E-state index is 0.101. The van der Waals surface area contributed by atoms with E-state index in [1.54, 1.807) is 6.20 Å². The molecular weight excluding hydrogens is 270 g/mol. The number of aromatic amines is 1. The summed E-state index contributed by atoms with van der Waals surface area (Å²) in [4.78, 5) is 17.0. The minimum absolute atomic E-state index is 0.101. The summed E-state index contributed by atoms with van der Waals surface area (Å²) in [7, 11) is 1.95.